The third-order valence-electron chi connectivity index (χ3n) is 11.8. The number of hydrogen-bond acceptors (Lipinski definition) is 5. The maximum Gasteiger partial charge on any atom is 0.167 e. The summed E-state index contributed by atoms with van der Waals surface area (Å²) >= 11 is 1.78. The van der Waals surface area contributed by atoms with Crippen LogP contribution in [-0.4, -0.2) is 19.5 Å². The van der Waals surface area contributed by atoms with Crippen LogP contribution in [0, 0.1) is 0 Å². The fourth-order valence-electron chi connectivity index (χ4n) is 9.18. The molecule has 0 saturated carbocycles. The summed E-state index contributed by atoms with van der Waals surface area (Å²) in [5.74, 6) is 1.77. The second-order valence-corrected chi connectivity index (χ2v) is 16.2. The van der Waals surface area contributed by atoms with Crippen LogP contribution in [0.15, 0.2) is 186 Å². The van der Waals surface area contributed by atoms with Crippen molar-refractivity contribution in [3.63, 3.8) is 0 Å². The van der Waals surface area contributed by atoms with Gasteiger partial charge in [-0.05, 0) is 52.6 Å². The van der Waals surface area contributed by atoms with Crippen LogP contribution < -0.4 is 0 Å². The molecule has 59 heavy (non-hydrogen) atoms. The molecular formula is C53H30N4OS. The summed E-state index contributed by atoms with van der Waals surface area (Å²) in [5.41, 5.74) is 7.66. The van der Waals surface area contributed by atoms with Crippen LogP contribution in [-0.2, 0) is 0 Å². The lowest BCUT2D eigenvalue weighted by atomic mass is 10.0. The highest BCUT2D eigenvalue weighted by Gasteiger charge is 2.23. The maximum atomic E-state index is 6.55. The van der Waals surface area contributed by atoms with Crippen LogP contribution in [0.1, 0.15) is 0 Å². The Labute approximate surface area is 341 Å². The minimum atomic E-state index is 0.563. The van der Waals surface area contributed by atoms with Gasteiger partial charge in [0.2, 0.25) is 0 Å². The molecule has 0 spiro atoms. The molecule has 0 aliphatic heterocycles. The van der Waals surface area contributed by atoms with E-state index in [1.165, 1.54) is 47.9 Å². The minimum Gasteiger partial charge on any atom is -0.455 e. The molecular weight excluding hydrogens is 741 g/mol. The van der Waals surface area contributed by atoms with E-state index in [1.807, 2.05) is 36.4 Å². The van der Waals surface area contributed by atoms with Crippen LogP contribution >= 0.6 is 11.3 Å². The van der Waals surface area contributed by atoms with Crippen molar-refractivity contribution < 1.29 is 4.42 Å². The van der Waals surface area contributed by atoms with Crippen molar-refractivity contribution in [3.05, 3.63) is 182 Å². The molecule has 0 aliphatic rings. The number of thiophene rings is 1. The first-order valence-electron chi connectivity index (χ1n) is 19.8. The first kappa shape index (κ1) is 32.4. The Balaban J connectivity index is 1.16. The Bertz CT molecular complexity index is 3860. The number of benzene rings is 9. The van der Waals surface area contributed by atoms with Gasteiger partial charge >= 0.3 is 0 Å². The molecule has 0 radical (unpaired) electrons. The van der Waals surface area contributed by atoms with E-state index in [4.69, 9.17) is 19.4 Å². The third kappa shape index (κ3) is 4.81. The van der Waals surface area contributed by atoms with Gasteiger partial charge in [0.05, 0.1) is 16.6 Å². The Hall–Kier alpha value is -7.67. The van der Waals surface area contributed by atoms with Gasteiger partial charge in [0, 0.05) is 63.9 Å². The molecule has 5 nitrogen and oxygen atoms in total. The summed E-state index contributed by atoms with van der Waals surface area (Å²) < 4.78 is 11.4. The molecule has 0 bridgehead atoms. The molecule has 0 N–H and O–H groups in total. The average Bonchev–Trinajstić information content (AvgIpc) is 3.99. The predicted molar refractivity (Wildman–Crippen MR) is 246 cm³/mol. The van der Waals surface area contributed by atoms with Crippen molar-refractivity contribution in [2.24, 2.45) is 0 Å². The summed E-state index contributed by atoms with van der Waals surface area (Å²) in [5, 5.41) is 11.8. The molecule has 0 fully saturated rings. The number of aromatic nitrogens is 4. The number of rotatable bonds is 4. The van der Waals surface area contributed by atoms with Crippen molar-refractivity contribution in [1.29, 1.82) is 0 Å². The number of furan rings is 1. The maximum absolute atomic E-state index is 6.55. The van der Waals surface area contributed by atoms with Gasteiger partial charge in [-0.3, -0.25) is 0 Å². The zero-order valence-electron chi connectivity index (χ0n) is 31.4. The van der Waals surface area contributed by atoms with Crippen molar-refractivity contribution >= 4 is 96.8 Å². The second kappa shape index (κ2) is 12.4. The average molecular weight is 771 g/mol. The first-order chi connectivity index (χ1) is 29.2. The molecule has 0 unspecified atom stereocenters. The highest BCUT2D eigenvalue weighted by Crippen LogP contribution is 2.45. The van der Waals surface area contributed by atoms with Gasteiger partial charge in [0.15, 0.2) is 17.5 Å². The van der Waals surface area contributed by atoms with Crippen molar-refractivity contribution in [2.45, 2.75) is 0 Å². The molecule has 0 amide bonds. The van der Waals surface area contributed by atoms with E-state index >= 15 is 0 Å². The fraction of sp³-hybridized carbons (Fsp3) is 0. The van der Waals surface area contributed by atoms with Gasteiger partial charge in [-0.1, -0.05) is 146 Å². The van der Waals surface area contributed by atoms with Gasteiger partial charge in [0.1, 0.15) is 11.2 Å². The third-order valence-corrected chi connectivity index (χ3v) is 13.0. The molecule has 4 heterocycles. The van der Waals surface area contributed by atoms with Crippen LogP contribution in [0.25, 0.3) is 125 Å². The van der Waals surface area contributed by atoms with E-state index in [9.17, 15) is 0 Å². The lowest BCUT2D eigenvalue weighted by molar-refractivity contribution is 0.669. The van der Waals surface area contributed by atoms with Gasteiger partial charge in [-0.25, -0.2) is 15.0 Å². The summed E-state index contributed by atoms with van der Waals surface area (Å²) in [4.78, 5) is 15.9. The standard InChI is InChI=1S/C53H30N4OS/c1-2-15-33(16-3-1)51-54-52(41-22-12-21-39-37-19-8-10-23-45(37)58-49(39)41)56-53(55-51)43-30-34(29-42-38-20-9-11-24-46(38)59-50(42)43)57-44-28-26-31-13-4-6-17-35(31)47(44)40-27-25-32-14-5-7-18-36(32)48(40)57/h1-30H. The zero-order chi connectivity index (χ0) is 38.6. The van der Waals surface area contributed by atoms with Crippen molar-refractivity contribution in [1.82, 2.24) is 19.5 Å². The van der Waals surface area contributed by atoms with Crippen LogP contribution in [0.2, 0.25) is 0 Å². The summed E-state index contributed by atoms with van der Waals surface area (Å²) in [6, 6.07) is 64.4. The number of fused-ring (bicyclic) bond motifs is 13. The molecule has 6 heteroatoms. The molecule has 13 aromatic rings. The van der Waals surface area contributed by atoms with Gasteiger partial charge < -0.3 is 8.98 Å². The first-order valence-corrected chi connectivity index (χ1v) is 20.6. The Morgan fingerprint density at radius 2 is 1.10 bits per heavy atom. The number of hydrogen-bond donors (Lipinski definition) is 0. The number of para-hydroxylation sites is 2. The Kier molecular flexibility index (Phi) is 6.82. The summed E-state index contributed by atoms with van der Waals surface area (Å²) in [6.07, 6.45) is 0. The summed E-state index contributed by atoms with van der Waals surface area (Å²) in [6.45, 7) is 0. The lowest BCUT2D eigenvalue weighted by Gasteiger charge is -2.14. The van der Waals surface area contributed by atoms with Crippen molar-refractivity contribution in [3.8, 4) is 39.9 Å². The Morgan fingerprint density at radius 1 is 0.441 bits per heavy atom. The largest absolute Gasteiger partial charge is 0.455 e. The van der Waals surface area contributed by atoms with E-state index in [0.717, 1.165) is 59.9 Å². The highest BCUT2D eigenvalue weighted by molar-refractivity contribution is 7.26. The van der Waals surface area contributed by atoms with E-state index in [-0.39, 0.29) is 0 Å². The topological polar surface area (TPSA) is 56.7 Å². The van der Waals surface area contributed by atoms with Crippen molar-refractivity contribution in [2.75, 3.05) is 0 Å². The molecule has 274 valence electrons. The SMILES string of the molecule is c1ccc(-c2nc(-c3cccc4c3oc3ccccc34)nc(-c3cc(-n4c5ccc6ccccc6c5c5ccc6ccccc6c54)cc4c3sc3ccccc34)n2)cc1. The van der Waals surface area contributed by atoms with Gasteiger partial charge in [0.25, 0.3) is 0 Å². The fourth-order valence-corrected chi connectivity index (χ4v) is 10.4. The molecule has 9 aromatic carbocycles. The van der Waals surface area contributed by atoms with Gasteiger partial charge in [-0.2, -0.15) is 0 Å². The molecule has 0 atom stereocenters. The zero-order valence-corrected chi connectivity index (χ0v) is 32.2. The molecule has 13 rings (SSSR count). The predicted octanol–water partition coefficient (Wildman–Crippen LogP) is 14.5. The highest BCUT2D eigenvalue weighted by atomic mass is 32.1. The smallest absolute Gasteiger partial charge is 0.167 e. The summed E-state index contributed by atoms with van der Waals surface area (Å²) in [7, 11) is 0. The van der Waals surface area contributed by atoms with E-state index in [1.54, 1.807) is 11.3 Å². The van der Waals surface area contributed by atoms with Crippen LogP contribution in [0.4, 0.5) is 0 Å². The van der Waals surface area contributed by atoms with E-state index in [0.29, 0.717) is 17.5 Å². The Morgan fingerprint density at radius 3 is 1.97 bits per heavy atom. The van der Waals surface area contributed by atoms with Crippen LogP contribution in [0.5, 0.6) is 0 Å². The van der Waals surface area contributed by atoms with Crippen LogP contribution in [0.3, 0.4) is 0 Å². The minimum absolute atomic E-state index is 0.563. The number of nitrogens with zero attached hydrogens (tertiary/aromatic N) is 4. The normalized spacial score (nSPS) is 12.1. The lowest BCUT2D eigenvalue weighted by Crippen LogP contribution is -2.02. The molecule has 0 aliphatic carbocycles. The van der Waals surface area contributed by atoms with Gasteiger partial charge in [-0.15, -0.1) is 11.3 Å². The van der Waals surface area contributed by atoms with E-state index < -0.39 is 0 Å². The van der Waals surface area contributed by atoms with E-state index in [2.05, 4.69) is 150 Å². The second-order valence-electron chi connectivity index (χ2n) is 15.1. The monoisotopic (exact) mass is 770 g/mol. The molecule has 4 aromatic heterocycles. The quantitative estimate of drug-likeness (QED) is 0.179. The molecule has 0 saturated heterocycles.